The predicted molar refractivity (Wildman–Crippen MR) is 98.3 cm³/mol. The van der Waals surface area contributed by atoms with Gasteiger partial charge in [0.25, 0.3) is 0 Å². The SMILES string of the molecule is CCOC(=O)[C@H](Oc1ccc2c(CC)cc(=O)oc2c1)c1ccccc1. The Balaban J connectivity index is 1.98. The van der Waals surface area contributed by atoms with Crippen molar-refractivity contribution in [1.82, 2.24) is 0 Å². The predicted octanol–water partition coefficient (Wildman–Crippen LogP) is 4.04. The minimum atomic E-state index is -0.894. The number of hydrogen-bond acceptors (Lipinski definition) is 5. The van der Waals surface area contributed by atoms with Gasteiger partial charge in [-0.2, -0.15) is 0 Å². The zero-order chi connectivity index (χ0) is 18.5. The van der Waals surface area contributed by atoms with Crippen molar-refractivity contribution in [3.63, 3.8) is 0 Å². The molecule has 26 heavy (non-hydrogen) atoms. The highest BCUT2D eigenvalue weighted by atomic mass is 16.6. The van der Waals surface area contributed by atoms with Gasteiger partial charge in [0.05, 0.1) is 6.61 Å². The summed E-state index contributed by atoms with van der Waals surface area (Å²) >= 11 is 0. The molecule has 1 atom stereocenters. The fourth-order valence-corrected chi connectivity index (χ4v) is 2.81. The summed E-state index contributed by atoms with van der Waals surface area (Å²) in [5.41, 5.74) is 1.63. The molecule has 3 aromatic rings. The van der Waals surface area contributed by atoms with Gasteiger partial charge in [0.15, 0.2) is 0 Å². The first kappa shape index (κ1) is 17.7. The van der Waals surface area contributed by atoms with E-state index in [4.69, 9.17) is 13.9 Å². The monoisotopic (exact) mass is 352 g/mol. The van der Waals surface area contributed by atoms with Crippen molar-refractivity contribution in [2.75, 3.05) is 6.61 Å². The van der Waals surface area contributed by atoms with Gasteiger partial charge < -0.3 is 13.9 Å². The summed E-state index contributed by atoms with van der Waals surface area (Å²) < 4.78 is 16.3. The van der Waals surface area contributed by atoms with E-state index in [-0.39, 0.29) is 6.61 Å². The molecular weight excluding hydrogens is 332 g/mol. The molecule has 0 spiro atoms. The number of aryl methyl sites for hydroxylation is 1. The van der Waals surface area contributed by atoms with Gasteiger partial charge >= 0.3 is 11.6 Å². The Hall–Kier alpha value is -3.08. The molecule has 1 heterocycles. The summed E-state index contributed by atoms with van der Waals surface area (Å²) in [5, 5.41) is 0.854. The van der Waals surface area contributed by atoms with Crippen LogP contribution in [0.15, 0.2) is 63.8 Å². The number of fused-ring (bicyclic) bond motifs is 1. The number of ether oxygens (including phenoxy) is 2. The second-order valence-corrected chi connectivity index (χ2v) is 5.76. The molecule has 0 aliphatic carbocycles. The minimum Gasteiger partial charge on any atom is -0.474 e. The summed E-state index contributed by atoms with van der Waals surface area (Å²) in [6, 6.07) is 15.9. The van der Waals surface area contributed by atoms with Crippen molar-refractivity contribution in [3.05, 3.63) is 76.1 Å². The van der Waals surface area contributed by atoms with Crippen LogP contribution in [-0.2, 0) is 16.0 Å². The van der Waals surface area contributed by atoms with Crippen LogP contribution < -0.4 is 10.4 Å². The molecule has 0 amide bonds. The molecule has 0 fully saturated rings. The van der Waals surface area contributed by atoms with Gasteiger partial charge in [0, 0.05) is 23.1 Å². The maximum Gasteiger partial charge on any atom is 0.352 e. The molecule has 0 saturated heterocycles. The van der Waals surface area contributed by atoms with Crippen LogP contribution in [0.25, 0.3) is 11.0 Å². The number of esters is 1. The van der Waals surface area contributed by atoms with E-state index in [0.717, 1.165) is 17.4 Å². The quantitative estimate of drug-likeness (QED) is 0.495. The van der Waals surface area contributed by atoms with Crippen LogP contribution in [0.5, 0.6) is 5.75 Å². The van der Waals surface area contributed by atoms with Crippen LogP contribution >= 0.6 is 0 Å². The van der Waals surface area contributed by atoms with Crippen LogP contribution in [0.1, 0.15) is 31.1 Å². The second kappa shape index (κ2) is 7.87. The van der Waals surface area contributed by atoms with Gasteiger partial charge in [0.2, 0.25) is 6.10 Å². The van der Waals surface area contributed by atoms with E-state index in [1.165, 1.54) is 6.07 Å². The zero-order valence-electron chi connectivity index (χ0n) is 14.7. The van der Waals surface area contributed by atoms with E-state index in [1.54, 1.807) is 31.2 Å². The van der Waals surface area contributed by atoms with Crippen LogP contribution in [0, 0.1) is 0 Å². The molecule has 2 aromatic carbocycles. The number of carbonyl (C=O) groups excluding carboxylic acids is 1. The third-order valence-corrected chi connectivity index (χ3v) is 4.04. The third-order valence-electron chi connectivity index (χ3n) is 4.04. The first-order chi connectivity index (χ1) is 12.6. The Labute approximate surface area is 151 Å². The molecule has 5 nitrogen and oxygen atoms in total. The molecule has 134 valence electrons. The molecule has 0 saturated carbocycles. The topological polar surface area (TPSA) is 65.7 Å². The number of hydrogen-bond donors (Lipinski definition) is 0. The highest BCUT2D eigenvalue weighted by Gasteiger charge is 2.24. The average molecular weight is 352 g/mol. The second-order valence-electron chi connectivity index (χ2n) is 5.76. The summed E-state index contributed by atoms with van der Waals surface area (Å²) in [5.74, 6) is -0.0432. The lowest BCUT2D eigenvalue weighted by molar-refractivity contribution is -0.151. The van der Waals surface area contributed by atoms with Crippen molar-refractivity contribution in [2.24, 2.45) is 0 Å². The first-order valence-corrected chi connectivity index (χ1v) is 8.57. The van der Waals surface area contributed by atoms with Crippen molar-refractivity contribution in [1.29, 1.82) is 0 Å². The number of carbonyl (C=O) groups is 1. The molecule has 0 radical (unpaired) electrons. The standard InChI is InChI=1S/C21H20O5/c1-3-14-12-19(22)26-18-13-16(10-11-17(14)18)25-20(21(23)24-4-2)15-8-6-5-7-9-15/h5-13,20H,3-4H2,1-2H3/t20-/m1/s1. The van der Waals surface area contributed by atoms with Crippen molar-refractivity contribution in [2.45, 2.75) is 26.4 Å². The van der Waals surface area contributed by atoms with Crippen LogP contribution in [0.4, 0.5) is 0 Å². The molecule has 0 unspecified atom stereocenters. The van der Waals surface area contributed by atoms with Crippen molar-refractivity contribution >= 4 is 16.9 Å². The van der Waals surface area contributed by atoms with Gasteiger partial charge in [-0.05, 0) is 31.0 Å². The molecule has 3 rings (SSSR count). The van der Waals surface area contributed by atoms with E-state index in [1.807, 2.05) is 31.2 Å². The molecule has 0 N–H and O–H groups in total. The summed E-state index contributed by atoms with van der Waals surface area (Å²) in [7, 11) is 0. The Bertz CT molecular complexity index is 959. The lowest BCUT2D eigenvalue weighted by atomic mass is 10.1. The fourth-order valence-electron chi connectivity index (χ4n) is 2.81. The lowest BCUT2D eigenvalue weighted by Gasteiger charge is -2.18. The Morgan fingerprint density at radius 1 is 1.08 bits per heavy atom. The maximum absolute atomic E-state index is 12.3. The maximum atomic E-state index is 12.3. The van der Waals surface area contributed by atoms with Gasteiger partial charge in [0.1, 0.15) is 11.3 Å². The minimum absolute atomic E-state index is 0.262. The molecule has 1 aromatic heterocycles. The molecule has 0 bridgehead atoms. The smallest absolute Gasteiger partial charge is 0.352 e. The van der Waals surface area contributed by atoms with E-state index in [9.17, 15) is 9.59 Å². The first-order valence-electron chi connectivity index (χ1n) is 8.57. The van der Waals surface area contributed by atoms with E-state index in [0.29, 0.717) is 16.9 Å². The summed E-state index contributed by atoms with van der Waals surface area (Å²) in [4.78, 5) is 24.1. The summed E-state index contributed by atoms with van der Waals surface area (Å²) in [6.45, 7) is 3.99. The average Bonchev–Trinajstić information content (AvgIpc) is 2.65. The number of rotatable bonds is 6. The van der Waals surface area contributed by atoms with Crippen molar-refractivity contribution in [3.8, 4) is 5.75 Å². The molecule has 0 aliphatic heterocycles. The van der Waals surface area contributed by atoms with Crippen LogP contribution in [0.2, 0.25) is 0 Å². The zero-order valence-corrected chi connectivity index (χ0v) is 14.7. The molecule has 0 aliphatic rings. The number of benzene rings is 2. The van der Waals surface area contributed by atoms with E-state index < -0.39 is 17.7 Å². The fraction of sp³-hybridized carbons (Fsp3) is 0.238. The summed E-state index contributed by atoms with van der Waals surface area (Å²) in [6.07, 6.45) is -0.174. The van der Waals surface area contributed by atoms with Gasteiger partial charge in [-0.25, -0.2) is 9.59 Å². The van der Waals surface area contributed by atoms with Gasteiger partial charge in [-0.15, -0.1) is 0 Å². The highest BCUT2D eigenvalue weighted by Crippen LogP contribution is 2.27. The van der Waals surface area contributed by atoms with Crippen molar-refractivity contribution < 1.29 is 18.7 Å². The highest BCUT2D eigenvalue weighted by molar-refractivity contribution is 5.82. The Morgan fingerprint density at radius 2 is 1.85 bits per heavy atom. The van der Waals surface area contributed by atoms with Crippen LogP contribution in [0.3, 0.4) is 0 Å². The van der Waals surface area contributed by atoms with Crippen LogP contribution in [-0.4, -0.2) is 12.6 Å². The Morgan fingerprint density at radius 3 is 2.54 bits per heavy atom. The van der Waals surface area contributed by atoms with Gasteiger partial charge in [-0.3, -0.25) is 0 Å². The van der Waals surface area contributed by atoms with E-state index in [2.05, 4.69) is 0 Å². The lowest BCUT2D eigenvalue weighted by Crippen LogP contribution is -2.21. The molecular formula is C21H20O5. The normalized spacial score (nSPS) is 11.9. The van der Waals surface area contributed by atoms with Gasteiger partial charge in [-0.1, -0.05) is 37.3 Å². The Kier molecular flexibility index (Phi) is 5.37. The molecule has 5 heteroatoms. The third kappa shape index (κ3) is 3.77. The largest absolute Gasteiger partial charge is 0.474 e. The van der Waals surface area contributed by atoms with E-state index >= 15 is 0 Å².